The van der Waals surface area contributed by atoms with Gasteiger partial charge in [-0.15, -0.1) is 0 Å². The fourth-order valence-corrected chi connectivity index (χ4v) is 3.68. The second-order valence-electron chi connectivity index (χ2n) is 6.05. The topological polar surface area (TPSA) is 41.9 Å². The van der Waals surface area contributed by atoms with Gasteiger partial charge in [0, 0.05) is 36.1 Å². The van der Waals surface area contributed by atoms with Gasteiger partial charge >= 0.3 is 0 Å². The predicted octanol–water partition coefficient (Wildman–Crippen LogP) is 2.91. The van der Waals surface area contributed by atoms with Gasteiger partial charge in [0.15, 0.2) is 0 Å². The Balaban J connectivity index is 1.71. The van der Waals surface area contributed by atoms with E-state index in [-0.39, 0.29) is 0 Å². The summed E-state index contributed by atoms with van der Waals surface area (Å²) in [5.41, 5.74) is 2.80. The van der Waals surface area contributed by atoms with Crippen LogP contribution >= 0.6 is 0 Å². The number of nitrogens with zero attached hydrogens (tertiary/aromatic N) is 4. The van der Waals surface area contributed by atoms with E-state index in [0.717, 1.165) is 18.1 Å². The van der Waals surface area contributed by atoms with Gasteiger partial charge in [-0.05, 0) is 31.4 Å². The minimum absolute atomic E-state index is 0.430. The van der Waals surface area contributed by atoms with Crippen molar-refractivity contribution in [1.29, 1.82) is 0 Å². The smallest absolute Gasteiger partial charge is 0.132 e. The maximum atomic E-state index is 4.46. The average molecular weight is 266 g/mol. The first-order valence-corrected chi connectivity index (χ1v) is 7.24. The van der Waals surface area contributed by atoms with Crippen LogP contribution in [0, 0.1) is 12.3 Å². The van der Waals surface area contributed by atoms with Gasteiger partial charge in [-0.25, -0.2) is 9.97 Å². The van der Waals surface area contributed by atoms with E-state index in [1.807, 2.05) is 25.4 Å². The fraction of sp³-hybridized carbons (Fsp3) is 0.438. The van der Waals surface area contributed by atoms with Gasteiger partial charge in [0.25, 0.3) is 0 Å². The lowest BCUT2D eigenvalue weighted by Crippen LogP contribution is -2.62. The van der Waals surface area contributed by atoms with Crippen molar-refractivity contribution >= 4 is 5.82 Å². The van der Waals surface area contributed by atoms with Gasteiger partial charge in [-0.3, -0.25) is 4.98 Å². The van der Waals surface area contributed by atoms with Crippen molar-refractivity contribution in [2.24, 2.45) is 5.41 Å². The Morgan fingerprint density at radius 2 is 2.20 bits per heavy atom. The van der Waals surface area contributed by atoms with Crippen LogP contribution in [0.25, 0.3) is 0 Å². The number of pyridine rings is 1. The third kappa shape index (κ3) is 1.64. The summed E-state index contributed by atoms with van der Waals surface area (Å²) in [6.45, 7) is 3.13. The van der Waals surface area contributed by atoms with E-state index < -0.39 is 0 Å². The molecule has 0 amide bonds. The van der Waals surface area contributed by atoms with Crippen LogP contribution in [0.1, 0.15) is 36.6 Å². The Labute approximate surface area is 118 Å². The van der Waals surface area contributed by atoms with Crippen molar-refractivity contribution in [2.45, 2.75) is 32.2 Å². The van der Waals surface area contributed by atoms with E-state index in [0.29, 0.717) is 11.5 Å². The van der Waals surface area contributed by atoms with Gasteiger partial charge in [-0.2, -0.15) is 0 Å². The first-order valence-electron chi connectivity index (χ1n) is 7.24. The molecule has 1 saturated carbocycles. The van der Waals surface area contributed by atoms with Crippen molar-refractivity contribution in [3.05, 3.63) is 48.2 Å². The summed E-state index contributed by atoms with van der Waals surface area (Å²) < 4.78 is 0. The van der Waals surface area contributed by atoms with E-state index >= 15 is 0 Å². The van der Waals surface area contributed by atoms with Crippen LogP contribution in [0.2, 0.25) is 0 Å². The summed E-state index contributed by atoms with van der Waals surface area (Å²) in [6.07, 6.45) is 9.52. The molecule has 1 saturated heterocycles. The van der Waals surface area contributed by atoms with Crippen molar-refractivity contribution in [1.82, 2.24) is 15.0 Å². The molecule has 0 N–H and O–H groups in total. The normalized spacial score (nSPS) is 23.2. The van der Waals surface area contributed by atoms with E-state index in [1.54, 1.807) is 6.33 Å². The van der Waals surface area contributed by atoms with Gasteiger partial charge in [-0.1, -0.05) is 12.5 Å². The minimum Gasteiger partial charge on any atom is -0.348 e. The van der Waals surface area contributed by atoms with E-state index in [9.17, 15) is 0 Å². The highest BCUT2D eigenvalue weighted by Gasteiger charge is 2.56. The van der Waals surface area contributed by atoms with Crippen LogP contribution in [-0.2, 0) is 0 Å². The van der Waals surface area contributed by atoms with Gasteiger partial charge < -0.3 is 4.90 Å². The molecular weight excluding hydrogens is 248 g/mol. The van der Waals surface area contributed by atoms with Crippen molar-refractivity contribution < 1.29 is 0 Å². The summed E-state index contributed by atoms with van der Waals surface area (Å²) in [4.78, 5) is 15.4. The number of aryl methyl sites for hydroxylation is 1. The second-order valence-corrected chi connectivity index (χ2v) is 6.05. The summed E-state index contributed by atoms with van der Waals surface area (Å²) in [7, 11) is 0. The molecule has 2 aromatic heterocycles. The maximum Gasteiger partial charge on any atom is 0.132 e. The molecule has 4 nitrogen and oxygen atoms in total. The predicted molar refractivity (Wildman–Crippen MR) is 77.4 cm³/mol. The molecular formula is C16H18N4. The van der Waals surface area contributed by atoms with Crippen molar-refractivity contribution in [3.8, 4) is 0 Å². The van der Waals surface area contributed by atoms with Crippen LogP contribution < -0.4 is 4.90 Å². The van der Waals surface area contributed by atoms with E-state index in [2.05, 4.69) is 32.0 Å². The van der Waals surface area contributed by atoms with Crippen LogP contribution in [0.15, 0.2) is 36.9 Å². The van der Waals surface area contributed by atoms with Crippen LogP contribution in [0.3, 0.4) is 0 Å². The molecule has 3 heterocycles. The summed E-state index contributed by atoms with van der Waals surface area (Å²) in [6, 6.07) is 6.73. The molecule has 0 bridgehead atoms. The zero-order valence-electron chi connectivity index (χ0n) is 11.7. The quantitative estimate of drug-likeness (QED) is 0.838. The molecule has 2 aromatic rings. The van der Waals surface area contributed by atoms with Crippen LogP contribution in [0.4, 0.5) is 5.82 Å². The molecule has 4 rings (SSSR count). The van der Waals surface area contributed by atoms with E-state index in [4.69, 9.17) is 0 Å². The zero-order chi connectivity index (χ0) is 13.6. The molecule has 20 heavy (non-hydrogen) atoms. The molecule has 1 atom stereocenters. The molecule has 4 heteroatoms. The molecule has 0 radical (unpaired) electrons. The molecule has 2 fully saturated rings. The molecule has 102 valence electrons. The Bertz CT molecular complexity index is 621. The highest BCUT2D eigenvalue weighted by Crippen LogP contribution is 2.61. The molecule has 1 spiro atoms. The monoisotopic (exact) mass is 266 g/mol. The molecule has 0 aromatic carbocycles. The fourth-order valence-electron chi connectivity index (χ4n) is 3.68. The number of rotatable bonds is 2. The highest BCUT2D eigenvalue weighted by molar-refractivity contribution is 5.49. The standard InChI is InChI=1S/C16H18N4/c1-12-8-14(19-11-18-12)20-10-16(5-3-6-16)15(20)13-4-2-7-17-9-13/h2,4,7-9,11,15H,3,5-6,10H2,1H3. The van der Waals surface area contributed by atoms with Crippen LogP contribution in [0.5, 0.6) is 0 Å². The lowest BCUT2D eigenvalue weighted by Gasteiger charge is -2.63. The second kappa shape index (κ2) is 4.27. The lowest BCUT2D eigenvalue weighted by atomic mass is 9.56. The Kier molecular flexibility index (Phi) is 2.52. The molecule has 1 aliphatic carbocycles. The Hall–Kier alpha value is -1.97. The summed E-state index contributed by atoms with van der Waals surface area (Å²) >= 11 is 0. The third-order valence-electron chi connectivity index (χ3n) is 4.81. The van der Waals surface area contributed by atoms with Gasteiger partial charge in [0.05, 0.1) is 6.04 Å². The molecule has 2 aliphatic rings. The molecule has 1 aliphatic heterocycles. The average Bonchev–Trinajstić information content (AvgIpc) is 2.37. The highest BCUT2D eigenvalue weighted by atomic mass is 15.3. The van der Waals surface area contributed by atoms with Crippen LogP contribution in [-0.4, -0.2) is 21.5 Å². The van der Waals surface area contributed by atoms with Crippen molar-refractivity contribution in [2.75, 3.05) is 11.4 Å². The summed E-state index contributed by atoms with van der Waals surface area (Å²) in [5.74, 6) is 1.05. The first-order chi connectivity index (χ1) is 9.78. The maximum absolute atomic E-state index is 4.46. The number of anilines is 1. The molecule has 1 unspecified atom stereocenters. The first kappa shape index (κ1) is 11.8. The Morgan fingerprint density at radius 3 is 2.85 bits per heavy atom. The van der Waals surface area contributed by atoms with Gasteiger partial charge in [0.1, 0.15) is 12.1 Å². The third-order valence-corrected chi connectivity index (χ3v) is 4.81. The lowest BCUT2D eigenvalue weighted by molar-refractivity contribution is 0.0275. The van der Waals surface area contributed by atoms with Crippen molar-refractivity contribution in [3.63, 3.8) is 0 Å². The number of aromatic nitrogens is 3. The minimum atomic E-state index is 0.430. The summed E-state index contributed by atoms with van der Waals surface area (Å²) in [5, 5.41) is 0. The van der Waals surface area contributed by atoms with Gasteiger partial charge in [0.2, 0.25) is 0 Å². The Morgan fingerprint density at radius 1 is 1.30 bits per heavy atom. The number of hydrogen-bond acceptors (Lipinski definition) is 4. The zero-order valence-corrected chi connectivity index (χ0v) is 11.7. The number of hydrogen-bond donors (Lipinski definition) is 0. The largest absolute Gasteiger partial charge is 0.348 e. The van der Waals surface area contributed by atoms with E-state index in [1.165, 1.54) is 24.8 Å². The SMILES string of the molecule is Cc1cc(N2CC3(CCC3)C2c2cccnc2)ncn1.